The molecule has 0 unspecified atom stereocenters. The van der Waals surface area contributed by atoms with E-state index in [0.717, 1.165) is 0 Å². The van der Waals surface area contributed by atoms with Crippen molar-refractivity contribution in [2.45, 2.75) is 0 Å². The van der Waals surface area contributed by atoms with Gasteiger partial charge in [0.15, 0.2) is 0 Å². The van der Waals surface area contributed by atoms with Crippen molar-refractivity contribution in [1.29, 1.82) is 0 Å². The van der Waals surface area contributed by atoms with Crippen LogP contribution in [0.3, 0.4) is 0 Å². The number of benzene rings is 8. The molecule has 0 N–H and O–H groups in total. The minimum absolute atomic E-state index is 1.25. The zero-order chi connectivity index (χ0) is 31.6. The molecular weight excluding hydrogens is 617 g/mol. The monoisotopic (exact) mass is 644 g/mol. The molecule has 0 nitrogen and oxygen atoms in total. The summed E-state index contributed by atoms with van der Waals surface area (Å²) in [5.74, 6) is 0. The smallest absolute Gasteiger partial charge is 0.0542 e. The molecule has 0 spiro atoms. The highest BCUT2D eigenvalue weighted by molar-refractivity contribution is 7.36. The second kappa shape index (κ2) is 11.0. The van der Waals surface area contributed by atoms with E-state index in [1.54, 1.807) is 0 Å². The fraction of sp³-hybridized carbons (Fsp3) is 0. The zero-order valence-electron chi connectivity index (χ0n) is 26.0. The van der Waals surface area contributed by atoms with Crippen LogP contribution < -0.4 is 0 Å². The van der Waals surface area contributed by atoms with Gasteiger partial charge in [-0.2, -0.15) is 0 Å². The van der Waals surface area contributed by atoms with E-state index in [9.17, 15) is 0 Å². The summed E-state index contributed by atoms with van der Waals surface area (Å²) in [6.45, 7) is 0. The Hall–Kier alpha value is -5.54. The van der Waals surface area contributed by atoms with Crippen molar-refractivity contribution in [2.24, 2.45) is 0 Å². The van der Waals surface area contributed by atoms with Gasteiger partial charge in [0, 0.05) is 20.2 Å². The summed E-state index contributed by atoms with van der Waals surface area (Å²) in [5, 5.41) is 7.78. The average Bonchev–Trinajstić information content (AvgIpc) is 3.70. The number of hydrogen-bond donors (Lipinski definition) is 0. The summed E-state index contributed by atoms with van der Waals surface area (Å²) in [6, 6.07) is 62.5. The van der Waals surface area contributed by atoms with Gasteiger partial charge in [0.2, 0.25) is 0 Å². The van der Waals surface area contributed by atoms with Crippen LogP contribution in [0.5, 0.6) is 0 Å². The van der Waals surface area contributed by atoms with Crippen LogP contribution in [0.1, 0.15) is 0 Å². The molecule has 48 heavy (non-hydrogen) atoms. The third kappa shape index (κ3) is 4.65. The van der Waals surface area contributed by atoms with Crippen LogP contribution in [0.2, 0.25) is 0 Å². The maximum Gasteiger partial charge on any atom is 0.0542 e. The summed E-state index contributed by atoms with van der Waals surface area (Å²) < 4.78 is 5.49. The number of fused-ring (bicyclic) bond motifs is 7. The van der Waals surface area contributed by atoms with E-state index in [-0.39, 0.29) is 0 Å². The van der Waals surface area contributed by atoms with Crippen LogP contribution in [0, 0.1) is 0 Å². The van der Waals surface area contributed by atoms with E-state index in [4.69, 9.17) is 0 Å². The molecule has 0 bridgehead atoms. The summed E-state index contributed by atoms with van der Waals surface area (Å²) in [4.78, 5) is 0. The largest absolute Gasteiger partial charge is 0.134 e. The second-order valence-electron chi connectivity index (χ2n) is 12.6. The molecule has 0 saturated heterocycles. The summed E-state index contributed by atoms with van der Waals surface area (Å²) in [7, 11) is 0. The van der Waals surface area contributed by atoms with E-state index in [1.165, 1.54) is 95.6 Å². The predicted molar refractivity (Wildman–Crippen MR) is 211 cm³/mol. The van der Waals surface area contributed by atoms with Crippen molar-refractivity contribution in [1.82, 2.24) is 0 Å². The Labute approximate surface area is 286 Å². The van der Waals surface area contributed by atoms with Crippen molar-refractivity contribution in [3.05, 3.63) is 170 Å². The Morgan fingerprint density at radius 3 is 0.938 bits per heavy atom. The van der Waals surface area contributed by atoms with Gasteiger partial charge in [-0.3, -0.25) is 0 Å². The standard InChI is InChI=1S/C46H28S2/c1-3-7-29(8-4-1)31-11-13-35-25-37(17-15-33(35)23-31)39-19-21-41-43(27-39)47-46-42-22-20-40(28-44(42)48-45(41)46)38-18-16-34-24-32(12-14-36(34)26-38)30-9-5-2-6-10-30/h1-28H. The van der Waals surface area contributed by atoms with Crippen molar-refractivity contribution in [3.8, 4) is 44.5 Å². The maximum absolute atomic E-state index is 2.38. The molecule has 0 radical (unpaired) electrons. The van der Waals surface area contributed by atoms with E-state index in [1.807, 2.05) is 22.7 Å². The van der Waals surface area contributed by atoms with Crippen molar-refractivity contribution < 1.29 is 0 Å². The Morgan fingerprint density at radius 1 is 0.250 bits per heavy atom. The quantitative estimate of drug-likeness (QED) is 0.179. The molecule has 0 aliphatic rings. The minimum atomic E-state index is 1.25. The van der Waals surface area contributed by atoms with Gasteiger partial charge in [0.05, 0.1) is 9.40 Å². The molecule has 0 amide bonds. The van der Waals surface area contributed by atoms with E-state index >= 15 is 0 Å². The van der Waals surface area contributed by atoms with Crippen LogP contribution >= 0.6 is 22.7 Å². The molecule has 0 saturated carbocycles. The van der Waals surface area contributed by atoms with Gasteiger partial charge in [0.25, 0.3) is 0 Å². The molecule has 0 fully saturated rings. The van der Waals surface area contributed by atoms with Crippen LogP contribution in [-0.2, 0) is 0 Å². The van der Waals surface area contributed by atoms with Gasteiger partial charge in [-0.1, -0.05) is 133 Å². The van der Waals surface area contributed by atoms with E-state index < -0.39 is 0 Å². The Balaban J connectivity index is 0.974. The first-order chi connectivity index (χ1) is 23.7. The average molecular weight is 645 g/mol. The van der Waals surface area contributed by atoms with Crippen LogP contribution in [0.25, 0.3) is 95.6 Å². The lowest BCUT2D eigenvalue weighted by Crippen LogP contribution is -1.81. The highest BCUT2D eigenvalue weighted by atomic mass is 32.1. The van der Waals surface area contributed by atoms with Crippen molar-refractivity contribution >= 4 is 73.8 Å². The molecule has 2 heteroatoms. The van der Waals surface area contributed by atoms with Crippen molar-refractivity contribution in [3.63, 3.8) is 0 Å². The number of rotatable bonds is 4. The van der Waals surface area contributed by atoms with Gasteiger partial charge in [-0.05, 0) is 102 Å². The Kier molecular flexibility index (Phi) is 6.33. The maximum atomic E-state index is 2.38. The van der Waals surface area contributed by atoms with Gasteiger partial charge in [-0.15, -0.1) is 22.7 Å². The van der Waals surface area contributed by atoms with Crippen LogP contribution in [0.4, 0.5) is 0 Å². The highest BCUT2D eigenvalue weighted by Crippen LogP contribution is 2.46. The SMILES string of the molecule is c1ccc(-c2ccc3cc(-c4ccc5c(c4)sc4c6ccc(-c7ccc8cc(-c9ccccc9)ccc8c7)cc6sc54)ccc3c2)cc1. The molecule has 2 aromatic heterocycles. The minimum Gasteiger partial charge on any atom is -0.134 e. The molecule has 10 aromatic rings. The zero-order valence-corrected chi connectivity index (χ0v) is 27.6. The molecular formula is C46H28S2. The summed E-state index contributed by atoms with van der Waals surface area (Å²) >= 11 is 3.85. The molecule has 224 valence electrons. The number of hydrogen-bond acceptors (Lipinski definition) is 2. The molecule has 0 aliphatic heterocycles. The van der Waals surface area contributed by atoms with Crippen LogP contribution in [0.15, 0.2) is 170 Å². The molecule has 2 heterocycles. The lowest BCUT2D eigenvalue weighted by Gasteiger charge is -2.08. The molecule has 0 atom stereocenters. The number of thiophene rings is 2. The summed E-state index contributed by atoms with van der Waals surface area (Å²) in [5.41, 5.74) is 10.1. The third-order valence-corrected chi connectivity index (χ3v) is 12.1. The Morgan fingerprint density at radius 2 is 0.562 bits per heavy atom. The summed E-state index contributed by atoms with van der Waals surface area (Å²) in [6.07, 6.45) is 0. The topological polar surface area (TPSA) is 0 Å². The Bertz CT molecular complexity index is 2620. The van der Waals surface area contributed by atoms with Crippen LogP contribution in [-0.4, -0.2) is 0 Å². The first-order valence-electron chi connectivity index (χ1n) is 16.3. The van der Waals surface area contributed by atoms with Gasteiger partial charge < -0.3 is 0 Å². The molecule has 10 rings (SSSR count). The van der Waals surface area contributed by atoms with Gasteiger partial charge in [0.1, 0.15) is 0 Å². The molecule has 0 aliphatic carbocycles. The van der Waals surface area contributed by atoms with Crippen molar-refractivity contribution in [2.75, 3.05) is 0 Å². The first kappa shape index (κ1) is 27.6. The fourth-order valence-corrected chi connectivity index (χ4v) is 9.82. The van der Waals surface area contributed by atoms with Gasteiger partial charge in [-0.25, -0.2) is 0 Å². The first-order valence-corrected chi connectivity index (χ1v) is 17.9. The second-order valence-corrected chi connectivity index (χ2v) is 14.7. The van der Waals surface area contributed by atoms with E-state index in [0.29, 0.717) is 0 Å². The molecule has 8 aromatic carbocycles. The lowest BCUT2D eigenvalue weighted by atomic mass is 9.97. The lowest BCUT2D eigenvalue weighted by molar-refractivity contribution is 1.64. The third-order valence-electron chi connectivity index (χ3n) is 9.64. The fourth-order valence-electron chi connectivity index (χ4n) is 7.09. The normalized spacial score (nSPS) is 11.8. The van der Waals surface area contributed by atoms with E-state index in [2.05, 4.69) is 170 Å². The highest BCUT2D eigenvalue weighted by Gasteiger charge is 2.14. The predicted octanol–water partition coefficient (Wildman–Crippen LogP) is 14.2. The van der Waals surface area contributed by atoms with Gasteiger partial charge >= 0.3 is 0 Å².